The molecule has 0 aliphatic carbocycles. The molecule has 3 N–H and O–H groups in total. The van der Waals surface area contributed by atoms with Gasteiger partial charge in [-0.3, -0.25) is 0 Å². The summed E-state index contributed by atoms with van der Waals surface area (Å²) >= 11 is 0. The molecule has 0 saturated heterocycles. The zero-order valence-corrected chi connectivity index (χ0v) is 12.1. The number of carbonyl (C=O) groups excluding carboxylic acids is 1. The van der Waals surface area contributed by atoms with E-state index < -0.39 is 0 Å². The number of nitrogens with one attached hydrogen (secondary N) is 1. The summed E-state index contributed by atoms with van der Waals surface area (Å²) in [4.78, 5) is 13.7. The van der Waals surface area contributed by atoms with E-state index in [0.717, 1.165) is 12.2 Å². The zero-order valence-electron chi connectivity index (χ0n) is 12.1. The number of rotatable bonds is 6. The van der Waals surface area contributed by atoms with Crippen molar-refractivity contribution >= 4 is 17.3 Å². The highest BCUT2D eigenvalue weighted by Gasteiger charge is 2.10. The van der Waals surface area contributed by atoms with Gasteiger partial charge in [-0.1, -0.05) is 0 Å². The highest BCUT2D eigenvalue weighted by molar-refractivity contribution is 5.91. The Morgan fingerprint density at radius 1 is 1.47 bits per heavy atom. The minimum Gasteiger partial charge on any atom is -0.462 e. The Morgan fingerprint density at radius 3 is 2.68 bits per heavy atom. The van der Waals surface area contributed by atoms with Crippen molar-refractivity contribution in [3.05, 3.63) is 23.8 Å². The lowest BCUT2D eigenvalue weighted by Crippen LogP contribution is -2.31. The molecule has 0 spiro atoms. The van der Waals surface area contributed by atoms with Crippen molar-refractivity contribution in [1.29, 1.82) is 0 Å². The Labute approximate surface area is 114 Å². The van der Waals surface area contributed by atoms with Gasteiger partial charge in [0.1, 0.15) is 0 Å². The molecular formula is C14H23N3O2. The first-order valence-corrected chi connectivity index (χ1v) is 6.42. The molecule has 0 amide bonds. The van der Waals surface area contributed by atoms with Gasteiger partial charge in [-0.15, -0.1) is 0 Å². The molecule has 0 saturated carbocycles. The van der Waals surface area contributed by atoms with Crippen molar-refractivity contribution < 1.29 is 9.53 Å². The van der Waals surface area contributed by atoms with E-state index in [2.05, 4.69) is 17.1 Å². The van der Waals surface area contributed by atoms with Crippen LogP contribution in [0.2, 0.25) is 0 Å². The molecule has 0 aliphatic heterocycles. The number of nitrogens with two attached hydrogens (primary N) is 1. The molecule has 0 bridgehead atoms. The van der Waals surface area contributed by atoms with Crippen LogP contribution in [0.5, 0.6) is 0 Å². The van der Waals surface area contributed by atoms with Crippen molar-refractivity contribution in [1.82, 2.24) is 4.90 Å². The van der Waals surface area contributed by atoms with E-state index in [0.29, 0.717) is 23.9 Å². The van der Waals surface area contributed by atoms with E-state index in [1.54, 1.807) is 19.1 Å². The summed E-state index contributed by atoms with van der Waals surface area (Å²) in [5.41, 5.74) is 7.80. The van der Waals surface area contributed by atoms with Crippen LogP contribution in [0.15, 0.2) is 18.2 Å². The number of anilines is 2. The molecule has 0 radical (unpaired) electrons. The van der Waals surface area contributed by atoms with Crippen LogP contribution < -0.4 is 11.1 Å². The molecule has 0 aliphatic rings. The van der Waals surface area contributed by atoms with Gasteiger partial charge in [0.2, 0.25) is 0 Å². The van der Waals surface area contributed by atoms with E-state index in [-0.39, 0.29) is 5.97 Å². The predicted molar refractivity (Wildman–Crippen MR) is 78.4 cm³/mol. The zero-order chi connectivity index (χ0) is 14.4. The number of ether oxygens (including phenoxy) is 1. The third kappa shape index (κ3) is 4.44. The Balaban J connectivity index is 2.69. The molecule has 0 fully saturated rings. The summed E-state index contributed by atoms with van der Waals surface area (Å²) in [5.74, 6) is -0.345. The van der Waals surface area contributed by atoms with E-state index in [9.17, 15) is 4.79 Å². The van der Waals surface area contributed by atoms with Crippen molar-refractivity contribution in [3.8, 4) is 0 Å². The van der Waals surface area contributed by atoms with Crippen molar-refractivity contribution in [3.63, 3.8) is 0 Å². The average molecular weight is 265 g/mol. The van der Waals surface area contributed by atoms with Crippen LogP contribution >= 0.6 is 0 Å². The van der Waals surface area contributed by atoms with Gasteiger partial charge in [-0.05, 0) is 46.1 Å². The molecule has 106 valence electrons. The van der Waals surface area contributed by atoms with E-state index in [4.69, 9.17) is 10.5 Å². The van der Waals surface area contributed by atoms with E-state index >= 15 is 0 Å². The topological polar surface area (TPSA) is 67.6 Å². The molecule has 1 aromatic carbocycles. The Morgan fingerprint density at radius 2 is 2.16 bits per heavy atom. The maximum Gasteiger partial charge on any atom is 0.338 e. The maximum absolute atomic E-state index is 11.6. The Kier molecular flexibility index (Phi) is 5.63. The molecule has 5 heteroatoms. The molecule has 19 heavy (non-hydrogen) atoms. The highest BCUT2D eigenvalue weighted by Crippen LogP contribution is 2.20. The van der Waals surface area contributed by atoms with Gasteiger partial charge in [0, 0.05) is 12.6 Å². The van der Waals surface area contributed by atoms with Gasteiger partial charge in [0.15, 0.2) is 0 Å². The summed E-state index contributed by atoms with van der Waals surface area (Å²) in [6.45, 7) is 5.05. The SMILES string of the molecule is CCOC(=O)c1ccc(NCC(C)N(C)C)c(N)c1. The normalized spacial score (nSPS) is 12.3. The number of nitrogens with zero attached hydrogens (tertiary/aromatic N) is 1. The quantitative estimate of drug-likeness (QED) is 0.606. The number of carbonyl (C=O) groups is 1. The van der Waals surface area contributed by atoms with Crippen molar-refractivity contribution in [2.24, 2.45) is 0 Å². The van der Waals surface area contributed by atoms with Crippen molar-refractivity contribution in [2.75, 3.05) is 38.3 Å². The first kappa shape index (κ1) is 15.3. The summed E-state index contributed by atoms with van der Waals surface area (Å²) in [5, 5.41) is 3.27. The molecule has 5 nitrogen and oxygen atoms in total. The second-order valence-electron chi connectivity index (χ2n) is 4.72. The second kappa shape index (κ2) is 6.99. The third-order valence-corrected chi connectivity index (χ3v) is 3.03. The summed E-state index contributed by atoms with van der Waals surface area (Å²) in [6, 6.07) is 5.56. The van der Waals surface area contributed by atoms with Crippen LogP contribution in [0.1, 0.15) is 24.2 Å². The van der Waals surface area contributed by atoms with Gasteiger partial charge in [0.25, 0.3) is 0 Å². The van der Waals surface area contributed by atoms with Gasteiger partial charge < -0.3 is 20.7 Å². The number of likely N-dealkylation sites (N-methyl/N-ethyl adjacent to an activating group) is 1. The number of benzene rings is 1. The molecule has 0 heterocycles. The maximum atomic E-state index is 11.6. The van der Waals surface area contributed by atoms with Crippen molar-refractivity contribution in [2.45, 2.75) is 19.9 Å². The van der Waals surface area contributed by atoms with Crippen LogP contribution in [0.4, 0.5) is 11.4 Å². The molecule has 1 atom stereocenters. The van der Waals surface area contributed by atoms with E-state index in [1.165, 1.54) is 0 Å². The average Bonchev–Trinajstić information content (AvgIpc) is 2.36. The molecule has 1 rings (SSSR count). The van der Waals surface area contributed by atoms with Crippen LogP contribution in [-0.2, 0) is 4.74 Å². The smallest absolute Gasteiger partial charge is 0.338 e. The summed E-state index contributed by atoms with van der Waals surface area (Å²) in [6.07, 6.45) is 0. The first-order chi connectivity index (χ1) is 8.95. The lowest BCUT2D eigenvalue weighted by molar-refractivity contribution is 0.0526. The highest BCUT2D eigenvalue weighted by atomic mass is 16.5. The number of nitrogen functional groups attached to an aromatic ring is 1. The number of esters is 1. The fourth-order valence-corrected chi connectivity index (χ4v) is 1.51. The summed E-state index contributed by atoms with van der Waals surface area (Å²) in [7, 11) is 4.05. The number of hydrogen-bond acceptors (Lipinski definition) is 5. The minimum atomic E-state index is -0.345. The van der Waals surface area contributed by atoms with Gasteiger partial charge in [-0.2, -0.15) is 0 Å². The Hall–Kier alpha value is -1.75. The number of hydrogen-bond donors (Lipinski definition) is 2. The molecule has 0 aromatic heterocycles. The van der Waals surface area contributed by atoms with Gasteiger partial charge in [-0.25, -0.2) is 4.79 Å². The van der Waals surface area contributed by atoms with Gasteiger partial charge in [0.05, 0.1) is 23.5 Å². The van der Waals surface area contributed by atoms with Crippen LogP contribution in [-0.4, -0.2) is 44.2 Å². The fraction of sp³-hybridized carbons (Fsp3) is 0.500. The van der Waals surface area contributed by atoms with Gasteiger partial charge >= 0.3 is 5.97 Å². The molecular weight excluding hydrogens is 242 g/mol. The fourth-order valence-electron chi connectivity index (χ4n) is 1.51. The molecule has 1 unspecified atom stereocenters. The van der Waals surface area contributed by atoms with Crippen LogP contribution in [0.3, 0.4) is 0 Å². The molecule has 1 aromatic rings. The lowest BCUT2D eigenvalue weighted by Gasteiger charge is -2.21. The van der Waals surface area contributed by atoms with E-state index in [1.807, 2.05) is 20.2 Å². The first-order valence-electron chi connectivity index (χ1n) is 6.42. The largest absolute Gasteiger partial charge is 0.462 e. The monoisotopic (exact) mass is 265 g/mol. The lowest BCUT2D eigenvalue weighted by atomic mass is 10.1. The third-order valence-electron chi connectivity index (χ3n) is 3.03. The Bertz CT molecular complexity index is 433. The van der Waals surface area contributed by atoms with Crippen LogP contribution in [0, 0.1) is 0 Å². The second-order valence-corrected chi connectivity index (χ2v) is 4.72. The predicted octanol–water partition coefficient (Wildman–Crippen LogP) is 1.81. The van der Waals surface area contributed by atoms with Crippen LogP contribution in [0.25, 0.3) is 0 Å². The standard InChI is InChI=1S/C14H23N3O2/c1-5-19-14(18)11-6-7-13(12(15)8-11)16-9-10(2)17(3)4/h6-8,10,16H,5,9,15H2,1-4H3. The summed E-state index contributed by atoms with van der Waals surface area (Å²) < 4.78 is 4.93. The minimum absolute atomic E-state index is 0.345.